The van der Waals surface area contributed by atoms with Gasteiger partial charge in [-0.25, -0.2) is 4.98 Å². The van der Waals surface area contributed by atoms with Crippen molar-refractivity contribution < 1.29 is 18.0 Å². The Kier molecular flexibility index (Phi) is 5.67. The van der Waals surface area contributed by atoms with Gasteiger partial charge in [0, 0.05) is 44.3 Å². The van der Waals surface area contributed by atoms with Gasteiger partial charge in [-0.1, -0.05) is 13.8 Å². The lowest BCUT2D eigenvalue weighted by Gasteiger charge is -2.35. The van der Waals surface area contributed by atoms with Crippen LogP contribution in [0.3, 0.4) is 0 Å². The van der Waals surface area contributed by atoms with Crippen LogP contribution in [-0.2, 0) is 12.7 Å². The molecule has 0 spiro atoms. The van der Waals surface area contributed by atoms with E-state index in [1.54, 1.807) is 4.90 Å². The van der Waals surface area contributed by atoms with Crippen molar-refractivity contribution in [2.45, 2.75) is 33.5 Å². The highest BCUT2D eigenvalue weighted by molar-refractivity contribution is 7.20. The van der Waals surface area contributed by atoms with Crippen molar-refractivity contribution in [2.75, 3.05) is 31.1 Å². The van der Waals surface area contributed by atoms with E-state index >= 15 is 0 Å². The number of anilines is 1. The van der Waals surface area contributed by atoms with Crippen LogP contribution in [0, 0.1) is 12.8 Å². The standard InChI is InChI=1S/C21H24F3N5OS/c1-13(2)12-29-20-16(14(3)26-29)10-17(31-20)19(30)28-8-6-27(7-9-28)18-5-4-15(11-25-18)21(22,23)24/h4-5,10-11,13H,6-9,12H2,1-3H3. The SMILES string of the molecule is Cc1nn(CC(C)C)c2sc(C(=O)N3CCN(c4ccc(C(F)(F)F)cn4)CC3)cc12. The van der Waals surface area contributed by atoms with Crippen molar-refractivity contribution in [2.24, 2.45) is 5.92 Å². The minimum absolute atomic E-state index is 0.0169. The fourth-order valence-electron chi connectivity index (χ4n) is 3.72. The predicted octanol–water partition coefficient (Wildman–Crippen LogP) is 4.44. The van der Waals surface area contributed by atoms with Gasteiger partial charge in [0.2, 0.25) is 0 Å². The zero-order chi connectivity index (χ0) is 22.3. The average molecular weight is 452 g/mol. The van der Waals surface area contributed by atoms with Crippen molar-refractivity contribution in [3.63, 3.8) is 0 Å². The Hall–Kier alpha value is -2.62. The Labute approximate surface area is 182 Å². The molecule has 0 aromatic carbocycles. The monoisotopic (exact) mass is 451 g/mol. The summed E-state index contributed by atoms with van der Waals surface area (Å²) in [7, 11) is 0. The number of piperazine rings is 1. The van der Waals surface area contributed by atoms with Crippen LogP contribution in [0.15, 0.2) is 24.4 Å². The Bertz CT molecular complexity index is 1080. The maximum atomic E-state index is 13.1. The van der Waals surface area contributed by atoms with Crippen LogP contribution in [0.25, 0.3) is 10.2 Å². The summed E-state index contributed by atoms with van der Waals surface area (Å²) in [5.74, 6) is 0.929. The fraction of sp³-hybridized carbons (Fsp3) is 0.476. The molecule has 3 aromatic rings. The highest BCUT2D eigenvalue weighted by Gasteiger charge is 2.31. The number of hydrogen-bond acceptors (Lipinski definition) is 5. The molecule has 0 saturated carbocycles. The number of pyridine rings is 1. The summed E-state index contributed by atoms with van der Waals surface area (Å²) >= 11 is 1.47. The number of alkyl halides is 3. The second-order valence-electron chi connectivity index (χ2n) is 8.17. The van der Waals surface area contributed by atoms with E-state index in [0.717, 1.165) is 34.7 Å². The first-order valence-corrected chi connectivity index (χ1v) is 11.0. The molecule has 166 valence electrons. The third kappa shape index (κ3) is 4.39. The number of aryl methyl sites for hydroxylation is 1. The zero-order valence-corrected chi connectivity index (χ0v) is 18.4. The molecule has 0 radical (unpaired) electrons. The fourth-order valence-corrected chi connectivity index (χ4v) is 4.86. The van der Waals surface area contributed by atoms with E-state index in [4.69, 9.17) is 0 Å². The van der Waals surface area contributed by atoms with Gasteiger partial charge in [-0.2, -0.15) is 18.3 Å². The van der Waals surface area contributed by atoms with Crippen LogP contribution in [0.2, 0.25) is 0 Å². The molecule has 0 atom stereocenters. The Morgan fingerprint density at radius 1 is 1.19 bits per heavy atom. The highest BCUT2D eigenvalue weighted by Crippen LogP contribution is 2.31. The van der Waals surface area contributed by atoms with Gasteiger partial charge >= 0.3 is 6.18 Å². The molecule has 0 aliphatic carbocycles. The number of rotatable bonds is 4. The Morgan fingerprint density at radius 2 is 1.90 bits per heavy atom. The third-order valence-corrected chi connectivity index (χ3v) is 6.46. The van der Waals surface area contributed by atoms with Crippen molar-refractivity contribution in [1.29, 1.82) is 0 Å². The van der Waals surface area contributed by atoms with Gasteiger partial charge in [0.05, 0.1) is 16.1 Å². The van der Waals surface area contributed by atoms with E-state index in [1.807, 2.05) is 22.6 Å². The molecule has 10 heteroatoms. The van der Waals surface area contributed by atoms with E-state index in [-0.39, 0.29) is 5.91 Å². The summed E-state index contributed by atoms with van der Waals surface area (Å²) in [6, 6.07) is 4.35. The molecule has 4 heterocycles. The summed E-state index contributed by atoms with van der Waals surface area (Å²) < 4.78 is 40.2. The second-order valence-corrected chi connectivity index (χ2v) is 9.20. The molecule has 0 N–H and O–H groups in total. The molecule has 1 aliphatic rings. The molecule has 1 amide bonds. The number of amides is 1. The summed E-state index contributed by atoms with van der Waals surface area (Å²) in [5, 5.41) is 5.60. The van der Waals surface area contributed by atoms with E-state index in [0.29, 0.717) is 42.8 Å². The molecule has 4 rings (SSSR count). The third-order valence-electron chi connectivity index (χ3n) is 5.32. The van der Waals surface area contributed by atoms with Gasteiger partial charge in [-0.05, 0) is 31.0 Å². The molecule has 6 nitrogen and oxygen atoms in total. The molecule has 31 heavy (non-hydrogen) atoms. The molecule has 0 bridgehead atoms. The number of fused-ring (bicyclic) bond motifs is 1. The summed E-state index contributed by atoms with van der Waals surface area (Å²) in [5.41, 5.74) is 0.158. The van der Waals surface area contributed by atoms with Crippen molar-refractivity contribution in [3.8, 4) is 0 Å². The van der Waals surface area contributed by atoms with Gasteiger partial charge in [0.1, 0.15) is 10.6 Å². The quantitative estimate of drug-likeness (QED) is 0.589. The lowest BCUT2D eigenvalue weighted by atomic mass is 10.2. The normalized spacial score (nSPS) is 15.3. The number of carbonyl (C=O) groups is 1. The Balaban J connectivity index is 1.43. The first kappa shape index (κ1) is 21.6. The van der Waals surface area contributed by atoms with Gasteiger partial charge < -0.3 is 9.80 Å². The molecular formula is C21H24F3N5OS. The van der Waals surface area contributed by atoms with Crippen LogP contribution < -0.4 is 4.90 Å². The smallest absolute Gasteiger partial charge is 0.353 e. The van der Waals surface area contributed by atoms with Gasteiger partial charge in [-0.3, -0.25) is 9.48 Å². The van der Waals surface area contributed by atoms with Crippen molar-refractivity contribution >= 4 is 33.3 Å². The van der Waals surface area contributed by atoms with Crippen LogP contribution in [0.4, 0.5) is 19.0 Å². The van der Waals surface area contributed by atoms with Crippen LogP contribution in [0.5, 0.6) is 0 Å². The minimum Gasteiger partial charge on any atom is -0.353 e. The van der Waals surface area contributed by atoms with Crippen LogP contribution >= 0.6 is 11.3 Å². The van der Waals surface area contributed by atoms with Crippen LogP contribution in [0.1, 0.15) is 34.8 Å². The predicted molar refractivity (Wildman–Crippen MR) is 115 cm³/mol. The first-order valence-electron chi connectivity index (χ1n) is 10.2. The highest BCUT2D eigenvalue weighted by atomic mass is 32.1. The lowest BCUT2D eigenvalue weighted by Crippen LogP contribution is -2.48. The van der Waals surface area contributed by atoms with Gasteiger partial charge in [0.15, 0.2) is 0 Å². The zero-order valence-electron chi connectivity index (χ0n) is 17.6. The largest absolute Gasteiger partial charge is 0.417 e. The second kappa shape index (κ2) is 8.14. The number of halogens is 3. The topological polar surface area (TPSA) is 54.3 Å². The summed E-state index contributed by atoms with van der Waals surface area (Å²) in [6.07, 6.45) is -3.54. The lowest BCUT2D eigenvalue weighted by molar-refractivity contribution is -0.137. The summed E-state index contributed by atoms with van der Waals surface area (Å²) in [6.45, 7) is 9.05. The van der Waals surface area contributed by atoms with Crippen molar-refractivity contribution in [3.05, 3.63) is 40.5 Å². The van der Waals surface area contributed by atoms with E-state index in [9.17, 15) is 18.0 Å². The number of carbonyl (C=O) groups excluding carboxylic acids is 1. The van der Waals surface area contributed by atoms with Crippen LogP contribution in [-0.4, -0.2) is 51.8 Å². The van der Waals surface area contributed by atoms with Gasteiger partial charge in [-0.15, -0.1) is 11.3 Å². The summed E-state index contributed by atoms with van der Waals surface area (Å²) in [4.78, 5) is 22.4. The number of thiophene rings is 1. The molecular weight excluding hydrogens is 427 g/mol. The number of aromatic nitrogens is 3. The molecule has 1 saturated heterocycles. The maximum Gasteiger partial charge on any atom is 0.417 e. The molecule has 1 fully saturated rings. The molecule has 1 aliphatic heterocycles. The van der Waals surface area contributed by atoms with Gasteiger partial charge in [0.25, 0.3) is 5.91 Å². The first-order chi connectivity index (χ1) is 14.6. The molecule has 0 unspecified atom stereocenters. The average Bonchev–Trinajstić information content (AvgIpc) is 3.28. The maximum absolute atomic E-state index is 13.1. The number of nitrogens with zero attached hydrogens (tertiary/aromatic N) is 5. The van der Waals surface area contributed by atoms with E-state index in [2.05, 4.69) is 23.9 Å². The minimum atomic E-state index is -4.40. The van der Waals surface area contributed by atoms with E-state index < -0.39 is 11.7 Å². The number of hydrogen-bond donors (Lipinski definition) is 0. The van der Waals surface area contributed by atoms with Crippen molar-refractivity contribution in [1.82, 2.24) is 19.7 Å². The Morgan fingerprint density at radius 3 is 2.48 bits per heavy atom. The molecule has 3 aromatic heterocycles. The van der Waals surface area contributed by atoms with E-state index in [1.165, 1.54) is 17.4 Å².